The Kier molecular flexibility index (Phi) is 6.16. The van der Waals surface area contributed by atoms with E-state index in [1.165, 1.54) is 23.1 Å². The fourth-order valence-electron chi connectivity index (χ4n) is 4.10. The molecule has 31 heavy (non-hydrogen) atoms. The van der Waals surface area contributed by atoms with Gasteiger partial charge in [-0.3, -0.25) is 14.4 Å². The molecule has 0 bridgehead atoms. The normalized spacial score (nSPS) is 19.2. The second-order valence-electron chi connectivity index (χ2n) is 7.69. The third kappa shape index (κ3) is 4.52. The number of nitrogens with zero attached hydrogens (tertiary/aromatic N) is 3. The van der Waals surface area contributed by atoms with Gasteiger partial charge in [0.05, 0.1) is 12.0 Å². The summed E-state index contributed by atoms with van der Waals surface area (Å²) in [6, 6.07) is 14.7. The van der Waals surface area contributed by atoms with Crippen LogP contribution in [0.1, 0.15) is 16.8 Å². The van der Waals surface area contributed by atoms with Crippen molar-refractivity contribution in [2.45, 2.75) is 12.5 Å². The Labute approximate surface area is 180 Å². The molecule has 8 heteroatoms. The molecule has 7 nitrogen and oxygen atoms in total. The Morgan fingerprint density at radius 2 is 1.61 bits per heavy atom. The van der Waals surface area contributed by atoms with E-state index in [9.17, 15) is 18.8 Å². The summed E-state index contributed by atoms with van der Waals surface area (Å²) in [5, 5.41) is 2.71. The van der Waals surface area contributed by atoms with Crippen LogP contribution in [-0.2, 0) is 9.59 Å². The number of rotatable bonds is 4. The van der Waals surface area contributed by atoms with Crippen molar-refractivity contribution in [2.24, 2.45) is 0 Å². The Hall–Kier alpha value is -3.42. The summed E-state index contributed by atoms with van der Waals surface area (Å²) in [5.74, 6) is -1.77. The number of carbonyl (C=O) groups is 3. The first-order valence-electron chi connectivity index (χ1n) is 10.5. The highest BCUT2D eigenvalue weighted by Crippen LogP contribution is 2.19. The second kappa shape index (κ2) is 9.16. The maximum Gasteiger partial charge on any atom is 0.257 e. The van der Waals surface area contributed by atoms with Gasteiger partial charge in [-0.15, -0.1) is 0 Å². The van der Waals surface area contributed by atoms with Gasteiger partial charge in [0.1, 0.15) is 11.9 Å². The first-order valence-corrected chi connectivity index (χ1v) is 10.5. The van der Waals surface area contributed by atoms with Gasteiger partial charge in [-0.25, -0.2) is 4.39 Å². The number of benzene rings is 2. The number of carbonyl (C=O) groups excluding carboxylic acids is 3. The van der Waals surface area contributed by atoms with E-state index in [-0.39, 0.29) is 36.9 Å². The average Bonchev–Trinajstić information content (AvgIpc) is 2.81. The Bertz CT molecular complexity index is 960. The Morgan fingerprint density at radius 1 is 0.935 bits per heavy atom. The van der Waals surface area contributed by atoms with E-state index >= 15 is 0 Å². The smallest absolute Gasteiger partial charge is 0.257 e. The molecule has 2 aromatic carbocycles. The summed E-state index contributed by atoms with van der Waals surface area (Å²) >= 11 is 0. The van der Waals surface area contributed by atoms with Crippen LogP contribution in [0.5, 0.6) is 0 Å². The van der Waals surface area contributed by atoms with Gasteiger partial charge in [0.25, 0.3) is 5.91 Å². The molecule has 3 amide bonds. The van der Waals surface area contributed by atoms with Crippen molar-refractivity contribution in [1.82, 2.24) is 15.1 Å². The van der Waals surface area contributed by atoms with Crippen LogP contribution < -0.4 is 10.2 Å². The highest BCUT2D eigenvalue weighted by molar-refractivity contribution is 5.99. The van der Waals surface area contributed by atoms with E-state index in [0.717, 1.165) is 5.69 Å². The highest BCUT2D eigenvalue weighted by Gasteiger charge is 2.37. The van der Waals surface area contributed by atoms with Gasteiger partial charge in [-0.1, -0.05) is 30.3 Å². The molecule has 2 aliphatic heterocycles. The molecule has 2 aliphatic rings. The summed E-state index contributed by atoms with van der Waals surface area (Å²) in [4.78, 5) is 43.6. The van der Waals surface area contributed by atoms with E-state index in [0.29, 0.717) is 26.2 Å². The number of anilines is 1. The first kappa shape index (κ1) is 20.8. The van der Waals surface area contributed by atoms with Crippen molar-refractivity contribution in [3.63, 3.8) is 0 Å². The SMILES string of the molecule is O=C1NCCN(C(=O)c2ccccc2F)[C@H]1CC(=O)N1CCN(c2ccccc2)CC1. The number of piperazine rings is 2. The lowest BCUT2D eigenvalue weighted by Crippen LogP contribution is -2.59. The summed E-state index contributed by atoms with van der Waals surface area (Å²) < 4.78 is 14.1. The molecule has 0 aromatic heterocycles. The fourth-order valence-corrected chi connectivity index (χ4v) is 4.10. The minimum Gasteiger partial charge on any atom is -0.368 e. The maximum atomic E-state index is 14.1. The molecule has 0 saturated carbocycles. The zero-order valence-electron chi connectivity index (χ0n) is 17.2. The molecular formula is C23H25FN4O3. The average molecular weight is 424 g/mol. The fraction of sp³-hybridized carbons (Fsp3) is 0.348. The van der Waals surface area contributed by atoms with Gasteiger partial charge in [0.2, 0.25) is 11.8 Å². The van der Waals surface area contributed by atoms with Crippen LogP contribution in [0.3, 0.4) is 0 Å². The number of para-hydroxylation sites is 1. The largest absolute Gasteiger partial charge is 0.368 e. The molecule has 0 unspecified atom stereocenters. The molecule has 1 atom stereocenters. The molecule has 2 fully saturated rings. The lowest BCUT2D eigenvalue weighted by molar-refractivity contribution is -0.138. The predicted molar refractivity (Wildman–Crippen MR) is 114 cm³/mol. The Balaban J connectivity index is 1.41. The highest BCUT2D eigenvalue weighted by atomic mass is 19.1. The lowest BCUT2D eigenvalue weighted by atomic mass is 10.0. The minimum atomic E-state index is -0.944. The first-order chi connectivity index (χ1) is 15.0. The van der Waals surface area contributed by atoms with Crippen LogP contribution in [0.15, 0.2) is 54.6 Å². The zero-order chi connectivity index (χ0) is 21.8. The Morgan fingerprint density at radius 3 is 2.32 bits per heavy atom. The van der Waals surface area contributed by atoms with Crippen molar-refractivity contribution in [2.75, 3.05) is 44.2 Å². The van der Waals surface area contributed by atoms with Crippen molar-refractivity contribution in [1.29, 1.82) is 0 Å². The number of halogens is 1. The summed E-state index contributed by atoms with van der Waals surface area (Å²) in [6.07, 6.45) is -0.114. The van der Waals surface area contributed by atoms with Crippen molar-refractivity contribution in [3.8, 4) is 0 Å². The van der Waals surface area contributed by atoms with E-state index in [1.54, 1.807) is 11.0 Å². The van der Waals surface area contributed by atoms with E-state index in [1.807, 2.05) is 30.3 Å². The molecule has 0 spiro atoms. The molecule has 0 aliphatic carbocycles. The molecule has 4 rings (SSSR count). The molecule has 162 valence electrons. The molecule has 0 radical (unpaired) electrons. The topological polar surface area (TPSA) is 73.0 Å². The summed E-state index contributed by atoms with van der Waals surface area (Å²) in [6.45, 7) is 3.00. The van der Waals surface area contributed by atoms with Gasteiger partial charge in [-0.05, 0) is 24.3 Å². The standard InChI is InChI=1S/C23H25FN4O3/c24-19-9-5-4-8-18(19)23(31)28-11-10-25-22(30)20(28)16-21(29)27-14-12-26(13-15-27)17-6-2-1-3-7-17/h1-9,20H,10-16H2,(H,25,30)/t20-/m0/s1. The lowest BCUT2D eigenvalue weighted by Gasteiger charge is -2.39. The van der Waals surface area contributed by atoms with E-state index in [4.69, 9.17) is 0 Å². The van der Waals surface area contributed by atoms with Crippen molar-refractivity contribution >= 4 is 23.4 Å². The molecular weight excluding hydrogens is 399 g/mol. The molecule has 2 aromatic rings. The monoisotopic (exact) mass is 424 g/mol. The van der Waals surface area contributed by atoms with Crippen LogP contribution in [0.4, 0.5) is 10.1 Å². The van der Waals surface area contributed by atoms with Gasteiger partial charge in [0, 0.05) is 45.0 Å². The molecule has 2 heterocycles. The van der Waals surface area contributed by atoms with Gasteiger partial charge in [0.15, 0.2) is 0 Å². The second-order valence-corrected chi connectivity index (χ2v) is 7.69. The number of amides is 3. The number of nitrogens with one attached hydrogen (secondary N) is 1. The third-order valence-electron chi connectivity index (χ3n) is 5.82. The third-order valence-corrected chi connectivity index (χ3v) is 5.82. The maximum absolute atomic E-state index is 14.1. The van der Waals surface area contributed by atoms with Gasteiger partial charge < -0.3 is 20.0 Å². The molecule has 1 N–H and O–H groups in total. The predicted octanol–water partition coefficient (Wildman–Crippen LogP) is 1.51. The van der Waals surface area contributed by atoms with Crippen molar-refractivity contribution in [3.05, 3.63) is 66.0 Å². The van der Waals surface area contributed by atoms with E-state index in [2.05, 4.69) is 10.2 Å². The van der Waals surface area contributed by atoms with Crippen LogP contribution >= 0.6 is 0 Å². The quantitative estimate of drug-likeness (QED) is 0.808. The van der Waals surface area contributed by atoms with Crippen LogP contribution in [-0.4, -0.2) is 72.8 Å². The summed E-state index contributed by atoms with van der Waals surface area (Å²) in [7, 11) is 0. The van der Waals surface area contributed by atoms with Crippen molar-refractivity contribution < 1.29 is 18.8 Å². The summed E-state index contributed by atoms with van der Waals surface area (Å²) in [5.41, 5.74) is 1.02. The van der Waals surface area contributed by atoms with Crippen LogP contribution in [0.25, 0.3) is 0 Å². The van der Waals surface area contributed by atoms with E-state index < -0.39 is 17.8 Å². The zero-order valence-corrected chi connectivity index (χ0v) is 17.2. The van der Waals surface area contributed by atoms with Gasteiger partial charge >= 0.3 is 0 Å². The minimum absolute atomic E-state index is 0.0916. The number of hydrogen-bond acceptors (Lipinski definition) is 4. The van der Waals surface area contributed by atoms with Crippen LogP contribution in [0, 0.1) is 5.82 Å². The molecule has 2 saturated heterocycles. The van der Waals surface area contributed by atoms with Crippen LogP contribution in [0.2, 0.25) is 0 Å². The number of hydrogen-bond donors (Lipinski definition) is 1. The van der Waals surface area contributed by atoms with Gasteiger partial charge in [-0.2, -0.15) is 0 Å².